The molecule has 1 amide bonds. The van der Waals surface area contributed by atoms with Crippen LogP contribution >= 0.6 is 0 Å². The third kappa shape index (κ3) is 3.46. The molecule has 0 saturated carbocycles. The van der Waals surface area contributed by atoms with Gasteiger partial charge >= 0.3 is 0 Å². The van der Waals surface area contributed by atoms with Crippen molar-refractivity contribution in [2.75, 3.05) is 19.6 Å². The van der Waals surface area contributed by atoms with Gasteiger partial charge in [0.15, 0.2) is 0 Å². The number of nitrogens with one attached hydrogen (secondary N) is 1. The fourth-order valence-electron chi connectivity index (χ4n) is 4.23. The van der Waals surface area contributed by atoms with Crippen LogP contribution in [0.4, 0.5) is 4.39 Å². The van der Waals surface area contributed by atoms with Crippen LogP contribution in [-0.4, -0.2) is 53.9 Å². The van der Waals surface area contributed by atoms with Gasteiger partial charge in [-0.3, -0.25) is 10.1 Å². The highest BCUT2D eigenvalue weighted by atomic mass is 32.2. The van der Waals surface area contributed by atoms with Gasteiger partial charge in [-0.25, -0.2) is 12.8 Å². The van der Waals surface area contributed by atoms with E-state index in [0.717, 1.165) is 0 Å². The monoisotopic (exact) mass is 433 g/mol. The summed E-state index contributed by atoms with van der Waals surface area (Å²) < 4.78 is 41.6. The lowest BCUT2D eigenvalue weighted by molar-refractivity contribution is -0.132. The molecule has 4 rings (SSSR count). The first-order valence-electron chi connectivity index (χ1n) is 9.82. The molecule has 7 nitrogen and oxygen atoms in total. The Bertz CT molecular complexity index is 1080. The van der Waals surface area contributed by atoms with Crippen LogP contribution in [0.3, 0.4) is 0 Å². The molecule has 160 valence electrons. The Morgan fingerprint density at radius 3 is 2.53 bits per heavy atom. The summed E-state index contributed by atoms with van der Waals surface area (Å²) >= 11 is 0. The highest BCUT2D eigenvalue weighted by Gasteiger charge is 2.48. The van der Waals surface area contributed by atoms with Crippen LogP contribution in [0.15, 0.2) is 47.4 Å². The molecule has 2 aliphatic heterocycles. The zero-order valence-electron chi connectivity index (χ0n) is 16.6. The predicted octanol–water partition coefficient (Wildman–Crippen LogP) is 1.95. The number of phenols is 1. The third-order valence-corrected chi connectivity index (χ3v) is 7.97. The van der Waals surface area contributed by atoms with E-state index in [0.29, 0.717) is 24.0 Å². The van der Waals surface area contributed by atoms with Crippen LogP contribution in [0, 0.1) is 12.7 Å². The number of halogens is 1. The molecule has 0 unspecified atom stereocenters. The van der Waals surface area contributed by atoms with Gasteiger partial charge in [-0.05, 0) is 37.5 Å². The van der Waals surface area contributed by atoms with E-state index in [1.165, 1.54) is 16.4 Å². The second kappa shape index (κ2) is 7.64. The number of carbonyl (C=O) groups is 1. The number of hydrogen-bond acceptors (Lipinski definition) is 5. The van der Waals surface area contributed by atoms with Crippen molar-refractivity contribution in [1.82, 2.24) is 14.5 Å². The van der Waals surface area contributed by atoms with Crippen molar-refractivity contribution in [3.8, 4) is 5.75 Å². The molecule has 0 atom stereocenters. The fourth-order valence-corrected chi connectivity index (χ4v) is 5.83. The molecule has 2 aliphatic rings. The van der Waals surface area contributed by atoms with Crippen LogP contribution in [0.25, 0.3) is 0 Å². The van der Waals surface area contributed by atoms with E-state index >= 15 is 0 Å². The van der Waals surface area contributed by atoms with Crippen molar-refractivity contribution < 1.29 is 22.7 Å². The SMILES string of the molecule is Cc1cccc(S(=O)(=O)N2CCC3(CC2)NCC(=O)N3Cc2ccccc2F)c1O. The summed E-state index contributed by atoms with van der Waals surface area (Å²) in [7, 11) is -3.87. The first-order valence-corrected chi connectivity index (χ1v) is 11.3. The molecule has 1 spiro atoms. The van der Waals surface area contributed by atoms with Crippen molar-refractivity contribution in [1.29, 1.82) is 0 Å². The number of aromatic hydroxyl groups is 1. The van der Waals surface area contributed by atoms with Gasteiger partial charge in [-0.1, -0.05) is 30.3 Å². The number of amides is 1. The topological polar surface area (TPSA) is 90.0 Å². The Morgan fingerprint density at radius 1 is 1.13 bits per heavy atom. The maximum Gasteiger partial charge on any atom is 0.246 e. The van der Waals surface area contributed by atoms with Gasteiger partial charge in [0.2, 0.25) is 15.9 Å². The number of phenolic OH excluding ortho intramolecular Hbond substituents is 1. The Balaban J connectivity index is 1.54. The van der Waals surface area contributed by atoms with E-state index in [4.69, 9.17) is 0 Å². The van der Waals surface area contributed by atoms with Crippen molar-refractivity contribution >= 4 is 15.9 Å². The molecule has 30 heavy (non-hydrogen) atoms. The van der Waals surface area contributed by atoms with Crippen molar-refractivity contribution in [2.45, 2.75) is 36.9 Å². The van der Waals surface area contributed by atoms with Crippen molar-refractivity contribution in [2.24, 2.45) is 0 Å². The molecule has 0 radical (unpaired) electrons. The minimum absolute atomic E-state index is 0.114. The van der Waals surface area contributed by atoms with Gasteiger partial charge in [-0.15, -0.1) is 0 Å². The predicted molar refractivity (Wildman–Crippen MR) is 109 cm³/mol. The summed E-state index contributed by atoms with van der Waals surface area (Å²) in [6.07, 6.45) is 0.748. The van der Waals surface area contributed by atoms with Crippen LogP contribution in [0.1, 0.15) is 24.0 Å². The number of benzene rings is 2. The summed E-state index contributed by atoms with van der Waals surface area (Å²) in [5.41, 5.74) is 0.206. The van der Waals surface area contributed by atoms with Crippen LogP contribution in [-0.2, 0) is 21.4 Å². The summed E-state index contributed by atoms with van der Waals surface area (Å²) in [5.74, 6) is -0.749. The van der Waals surface area contributed by atoms with E-state index in [-0.39, 0.29) is 48.5 Å². The lowest BCUT2D eigenvalue weighted by Gasteiger charge is -2.44. The maximum atomic E-state index is 14.1. The zero-order valence-corrected chi connectivity index (χ0v) is 17.5. The Kier molecular flexibility index (Phi) is 5.29. The molecule has 2 saturated heterocycles. The van der Waals surface area contributed by atoms with Crippen LogP contribution in [0.5, 0.6) is 5.75 Å². The summed E-state index contributed by atoms with van der Waals surface area (Å²) in [6.45, 7) is 2.28. The highest BCUT2D eigenvalue weighted by Crippen LogP contribution is 2.36. The molecule has 9 heteroatoms. The number of carbonyl (C=O) groups excluding carboxylic acids is 1. The highest BCUT2D eigenvalue weighted by molar-refractivity contribution is 7.89. The molecule has 2 aromatic carbocycles. The molecule has 0 aromatic heterocycles. The standard InChI is InChI=1S/C21H24FN3O4S/c1-15-5-4-8-18(20(15)27)30(28,29)24-11-9-21(10-12-24)23-13-19(26)25(21)14-16-6-2-3-7-17(16)22/h2-8,23,27H,9-14H2,1H3. The first-order chi connectivity index (χ1) is 14.2. The quantitative estimate of drug-likeness (QED) is 0.769. The number of para-hydroxylation sites is 1. The van der Waals surface area contributed by atoms with Gasteiger partial charge in [0.1, 0.15) is 16.5 Å². The smallest absolute Gasteiger partial charge is 0.246 e. The normalized spacial score (nSPS) is 19.5. The molecule has 2 N–H and O–H groups in total. The van der Waals surface area contributed by atoms with Gasteiger partial charge in [-0.2, -0.15) is 4.31 Å². The summed E-state index contributed by atoms with van der Waals surface area (Å²) in [5, 5.41) is 13.5. The molecule has 0 bridgehead atoms. The minimum Gasteiger partial charge on any atom is -0.506 e. The lowest BCUT2D eigenvalue weighted by Crippen LogP contribution is -2.58. The molecule has 2 fully saturated rings. The van der Waals surface area contributed by atoms with Crippen molar-refractivity contribution in [3.05, 3.63) is 59.4 Å². The van der Waals surface area contributed by atoms with Crippen molar-refractivity contribution in [3.63, 3.8) is 0 Å². The molecular formula is C21H24FN3O4S. The molecular weight excluding hydrogens is 409 g/mol. The Labute approximate surface area is 175 Å². The van der Waals surface area contributed by atoms with Gasteiger partial charge in [0.05, 0.1) is 18.8 Å². The number of piperidine rings is 1. The van der Waals surface area contributed by atoms with E-state index in [1.807, 2.05) is 0 Å². The number of hydrogen-bond donors (Lipinski definition) is 2. The molecule has 0 aliphatic carbocycles. The number of aryl methyl sites for hydroxylation is 1. The number of rotatable bonds is 4. The molecule has 2 aromatic rings. The Morgan fingerprint density at radius 2 is 1.83 bits per heavy atom. The largest absolute Gasteiger partial charge is 0.506 e. The van der Waals surface area contributed by atoms with E-state index in [2.05, 4.69) is 5.32 Å². The second-order valence-corrected chi connectivity index (χ2v) is 9.69. The number of sulfonamides is 1. The second-order valence-electron chi connectivity index (χ2n) is 7.78. The summed E-state index contributed by atoms with van der Waals surface area (Å²) in [6, 6.07) is 11.0. The van der Waals surface area contributed by atoms with E-state index < -0.39 is 15.7 Å². The van der Waals surface area contributed by atoms with Gasteiger partial charge in [0, 0.05) is 18.7 Å². The summed E-state index contributed by atoms with van der Waals surface area (Å²) in [4.78, 5) is 14.0. The van der Waals surface area contributed by atoms with E-state index in [9.17, 15) is 22.7 Å². The minimum atomic E-state index is -3.87. The van der Waals surface area contributed by atoms with Crippen LogP contribution < -0.4 is 5.32 Å². The van der Waals surface area contributed by atoms with E-state index in [1.54, 1.807) is 42.2 Å². The average molecular weight is 434 g/mol. The Hall–Kier alpha value is -2.49. The third-order valence-electron chi connectivity index (χ3n) is 6.04. The average Bonchev–Trinajstić information content (AvgIpc) is 3.01. The molecule has 2 heterocycles. The van der Waals surface area contributed by atoms with Crippen LogP contribution in [0.2, 0.25) is 0 Å². The zero-order chi connectivity index (χ0) is 21.5. The lowest BCUT2D eigenvalue weighted by atomic mass is 9.96. The van der Waals surface area contributed by atoms with Gasteiger partial charge in [0.25, 0.3) is 0 Å². The van der Waals surface area contributed by atoms with Gasteiger partial charge < -0.3 is 10.0 Å². The first kappa shape index (κ1) is 20.8. The maximum absolute atomic E-state index is 14.1. The fraction of sp³-hybridized carbons (Fsp3) is 0.381. The number of nitrogens with zero attached hydrogens (tertiary/aromatic N) is 2.